The fourth-order valence-corrected chi connectivity index (χ4v) is 1.95. The minimum atomic E-state index is -3.17. The lowest BCUT2D eigenvalue weighted by molar-refractivity contribution is 0.478. The number of sulfone groups is 1. The highest BCUT2D eigenvalue weighted by Crippen LogP contribution is 2.20. The third-order valence-electron chi connectivity index (χ3n) is 3.05. The summed E-state index contributed by atoms with van der Waals surface area (Å²) in [4.78, 5) is 0. The summed E-state index contributed by atoms with van der Waals surface area (Å²) in [5.41, 5.74) is 6.76. The van der Waals surface area contributed by atoms with Crippen LogP contribution in [0.15, 0.2) is 12.3 Å². The van der Waals surface area contributed by atoms with Crippen molar-refractivity contribution in [1.29, 1.82) is 0 Å². The lowest BCUT2D eigenvalue weighted by atomic mass is 9.99. The molecule has 2 N–H and O–H groups in total. The molecule has 0 saturated heterocycles. The quantitative estimate of drug-likeness (QED) is 0.817. The molecular weight excluding hydrogens is 226 g/mol. The first kappa shape index (κ1) is 13.2. The van der Waals surface area contributed by atoms with Gasteiger partial charge in [-0.05, 0) is 19.9 Å². The molecule has 0 amide bonds. The predicted molar refractivity (Wildman–Crippen MR) is 63.8 cm³/mol. The normalized spacial score (nSPS) is 15.1. The molecule has 0 fully saturated rings. The van der Waals surface area contributed by atoms with Crippen LogP contribution in [0.4, 0.5) is 0 Å². The predicted octanol–water partition coefficient (Wildman–Crippen LogP) is 0.113. The zero-order chi connectivity index (χ0) is 12.6. The second-order valence-electron chi connectivity index (χ2n) is 4.67. The van der Waals surface area contributed by atoms with Crippen molar-refractivity contribution in [3.05, 3.63) is 18.0 Å². The van der Waals surface area contributed by atoms with Gasteiger partial charge in [-0.25, -0.2) is 8.42 Å². The van der Waals surface area contributed by atoms with Crippen molar-refractivity contribution in [2.75, 3.05) is 6.26 Å². The van der Waals surface area contributed by atoms with Crippen LogP contribution in [-0.2, 0) is 23.3 Å². The Morgan fingerprint density at radius 1 is 1.56 bits per heavy atom. The molecule has 92 valence electrons. The maximum atomic E-state index is 11.6. The van der Waals surface area contributed by atoms with Gasteiger partial charge in [0.25, 0.3) is 0 Å². The van der Waals surface area contributed by atoms with Crippen LogP contribution in [0.3, 0.4) is 0 Å². The van der Waals surface area contributed by atoms with E-state index >= 15 is 0 Å². The molecule has 0 aliphatic carbocycles. The second kappa shape index (κ2) is 4.18. The van der Waals surface area contributed by atoms with E-state index in [0.29, 0.717) is 6.42 Å². The molecule has 0 aliphatic heterocycles. The molecule has 0 aromatic carbocycles. The molecule has 6 heteroatoms. The second-order valence-corrected chi connectivity index (χ2v) is 7.26. The number of nitrogens with zero attached hydrogens (tertiary/aromatic N) is 2. The number of aryl methyl sites for hydroxylation is 1. The number of rotatable bonds is 4. The smallest absolute Gasteiger partial charge is 0.154 e. The number of aromatic nitrogens is 2. The van der Waals surface area contributed by atoms with E-state index in [1.165, 1.54) is 6.26 Å². The Bertz CT molecular complexity index is 462. The summed E-state index contributed by atoms with van der Waals surface area (Å²) in [5, 5.41) is 4.19. The standard InChI is InChI=1S/C10H19N3O2S/c1-10(2,16(4,14)15)9(11)7-8-5-6-13(3)12-8/h5-6,9H,7,11H2,1-4H3. The van der Waals surface area contributed by atoms with E-state index in [0.717, 1.165) is 5.69 Å². The summed E-state index contributed by atoms with van der Waals surface area (Å²) in [5.74, 6) is 0. The lowest BCUT2D eigenvalue weighted by Gasteiger charge is -2.29. The molecule has 0 radical (unpaired) electrons. The maximum absolute atomic E-state index is 11.6. The topological polar surface area (TPSA) is 78.0 Å². The van der Waals surface area contributed by atoms with Crippen LogP contribution in [-0.4, -0.2) is 35.2 Å². The first-order valence-corrected chi connectivity index (χ1v) is 6.97. The Hall–Kier alpha value is -0.880. The van der Waals surface area contributed by atoms with Crippen molar-refractivity contribution < 1.29 is 8.42 Å². The average Bonchev–Trinajstić information content (AvgIpc) is 2.49. The molecule has 1 aromatic heterocycles. The molecular formula is C10H19N3O2S. The van der Waals surface area contributed by atoms with Gasteiger partial charge in [0, 0.05) is 32.0 Å². The van der Waals surface area contributed by atoms with Gasteiger partial charge in [0.05, 0.1) is 10.4 Å². The third kappa shape index (κ3) is 2.62. The van der Waals surface area contributed by atoms with Crippen LogP contribution in [0.5, 0.6) is 0 Å². The lowest BCUT2D eigenvalue weighted by Crippen LogP contribution is -2.50. The molecule has 0 spiro atoms. The van der Waals surface area contributed by atoms with E-state index in [1.54, 1.807) is 18.5 Å². The van der Waals surface area contributed by atoms with Gasteiger partial charge in [-0.15, -0.1) is 0 Å². The van der Waals surface area contributed by atoms with E-state index in [-0.39, 0.29) is 0 Å². The first-order chi connectivity index (χ1) is 7.14. The molecule has 1 unspecified atom stereocenters. The SMILES string of the molecule is Cn1ccc(CC(N)C(C)(C)S(C)(=O)=O)n1. The molecule has 16 heavy (non-hydrogen) atoms. The van der Waals surface area contributed by atoms with Crippen LogP contribution in [0.25, 0.3) is 0 Å². The Morgan fingerprint density at radius 2 is 2.12 bits per heavy atom. The highest BCUT2D eigenvalue weighted by atomic mass is 32.2. The molecule has 0 saturated carbocycles. The summed E-state index contributed by atoms with van der Waals surface area (Å²) < 4.78 is 23.9. The van der Waals surface area contributed by atoms with Gasteiger partial charge in [-0.2, -0.15) is 5.10 Å². The van der Waals surface area contributed by atoms with Gasteiger partial charge < -0.3 is 5.73 Å². The molecule has 0 aliphatic rings. The number of nitrogens with two attached hydrogens (primary N) is 1. The molecule has 1 heterocycles. The van der Waals surface area contributed by atoms with Crippen LogP contribution in [0, 0.1) is 0 Å². The van der Waals surface area contributed by atoms with Crippen molar-refractivity contribution in [3.63, 3.8) is 0 Å². The zero-order valence-electron chi connectivity index (χ0n) is 10.1. The van der Waals surface area contributed by atoms with Gasteiger partial charge >= 0.3 is 0 Å². The molecule has 1 rings (SSSR count). The highest BCUT2D eigenvalue weighted by Gasteiger charge is 2.37. The Morgan fingerprint density at radius 3 is 2.50 bits per heavy atom. The van der Waals surface area contributed by atoms with Crippen LogP contribution in [0.2, 0.25) is 0 Å². The van der Waals surface area contributed by atoms with Crippen molar-refractivity contribution in [2.24, 2.45) is 12.8 Å². The summed E-state index contributed by atoms with van der Waals surface area (Å²) >= 11 is 0. The first-order valence-electron chi connectivity index (χ1n) is 5.08. The maximum Gasteiger partial charge on any atom is 0.154 e. The monoisotopic (exact) mass is 245 g/mol. The fourth-order valence-electron chi connectivity index (χ4n) is 1.32. The number of hydrogen-bond donors (Lipinski definition) is 1. The van der Waals surface area contributed by atoms with Crippen molar-refractivity contribution in [3.8, 4) is 0 Å². The fraction of sp³-hybridized carbons (Fsp3) is 0.700. The molecule has 1 aromatic rings. The summed E-state index contributed by atoms with van der Waals surface area (Å²) in [7, 11) is -1.36. The Balaban J connectivity index is 2.84. The van der Waals surface area contributed by atoms with Crippen molar-refractivity contribution >= 4 is 9.84 Å². The van der Waals surface area contributed by atoms with Crippen molar-refractivity contribution in [1.82, 2.24) is 9.78 Å². The summed E-state index contributed by atoms with van der Waals surface area (Å²) in [6, 6.07) is 1.38. The Kier molecular flexibility index (Phi) is 3.44. The average molecular weight is 245 g/mol. The third-order valence-corrected chi connectivity index (χ3v) is 5.26. The summed E-state index contributed by atoms with van der Waals surface area (Å²) in [6.45, 7) is 3.30. The molecule has 0 bridgehead atoms. The van der Waals surface area contributed by atoms with E-state index in [2.05, 4.69) is 5.10 Å². The van der Waals surface area contributed by atoms with Gasteiger partial charge in [0.15, 0.2) is 9.84 Å². The van der Waals surface area contributed by atoms with E-state index in [9.17, 15) is 8.42 Å². The van der Waals surface area contributed by atoms with Crippen LogP contribution in [0.1, 0.15) is 19.5 Å². The van der Waals surface area contributed by atoms with E-state index in [1.807, 2.05) is 19.3 Å². The van der Waals surface area contributed by atoms with Gasteiger partial charge in [-0.1, -0.05) is 0 Å². The largest absolute Gasteiger partial charge is 0.326 e. The molecule has 5 nitrogen and oxygen atoms in total. The van der Waals surface area contributed by atoms with E-state index in [4.69, 9.17) is 5.73 Å². The van der Waals surface area contributed by atoms with Gasteiger partial charge in [0.1, 0.15) is 0 Å². The van der Waals surface area contributed by atoms with Crippen LogP contribution >= 0.6 is 0 Å². The van der Waals surface area contributed by atoms with Gasteiger partial charge in [-0.3, -0.25) is 4.68 Å². The summed E-state index contributed by atoms with van der Waals surface area (Å²) in [6.07, 6.45) is 3.49. The number of hydrogen-bond acceptors (Lipinski definition) is 4. The van der Waals surface area contributed by atoms with Crippen LogP contribution < -0.4 is 5.73 Å². The minimum absolute atomic E-state index is 0.459. The minimum Gasteiger partial charge on any atom is -0.326 e. The van der Waals surface area contributed by atoms with E-state index < -0.39 is 20.6 Å². The molecule has 1 atom stereocenters. The highest BCUT2D eigenvalue weighted by molar-refractivity contribution is 7.92. The zero-order valence-corrected chi connectivity index (χ0v) is 11.0. The van der Waals surface area contributed by atoms with Gasteiger partial charge in [0.2, 0.25) is 0 Å². The van der Waals surface area contributed by atoms with Crippen molar-refractivity contribution in [2.45, 2.75) is 31.1 Å². The Labute approximate surface area is 96.6 Å².